The van der Waals surface area contributed by atoms with Gasteiger partial charge < -0.3 is 9.47 Å². The molecule has 1 aliphatic rings. The molecule has 0 spiro atoms. The Labute approximate surface area is 156 Å². The molecule has 146 valence electrons. The number of hydrogen-bond donors (Lipinski definition) is 1. The van der Waals surface area contributed by atoms with Gasteiger partial charge in [-0.25, -0.2) is 13.8 Å². The van der Waals surface area contributed by atoms with Crippen LogP contribution in [0.15, 0.2) is 36.4 Å². The van der Waals surface area contributed by atoms with Crippen LogP contribution in [0.5, 0.6) is 5.75 Å². The monoisotopic (exact) mass is 399 g/mol. The first-order valence-corrected chi connectivity index (χ1v) is 9.68. The average molecular weight is 399 g/mol. The van der Waals surface area contributed by atoms with Gasteiger partial charge in [-0.2, -0.15) is 12.7 Å². The van der Waals surface area contributed by atoms with Gasteiger partial charge in [0.15, 0.2) is 0 Å². The molecule has 2 heterocycles. The van der Waals surface area contributed by atoms with Crippen LogP contribution < -0.4 is 9.46 Å². The molecule has 2 aromatic rings. The van der Waals surface area contributed by atoms with Crippen molar-refractivity contribution in [3.8, 4) is 5.75 Å². The molecule has 1 unspecified atom stereocenters. The first-order chi connectivity index (χ1) is 12.8. The molecule has 1 aliphatic heterocycles. The number of aromatic nitrogens is 1. The second-order valence-corrected chi connectivity index (χ2v) is 7.71. The van der Waals surface area contributed by atoms with Gasteiger partial charge in [0.25, 0.3) is 0 Å². The van der Waals surface area contributed by atoms with Gasteiger partial charge in [-0.05, 0) is 19.1 Å². The number of aryl methyl sites for hydroxylation is 1. The van der Waals surface area contributed by atoms with Gasteiger partial charge in [-0.1, -0.05) is 6.07 Å². The minimum atomic E-state index is -3.82. The summed E-state index contributed by atoms with van der Waals surface area (Å²) in [5.74, 6) is -1.27. The Morgan fingerprint density at radius 3 is 2.74 bits per heavy atom. The van der Waals surface area contributed by atoms with Crippen molar-refractivity contribution in [2.24, 2.45) is 0 Å². The van der Waals surface area contributed by atoms with E-state index >= 15 is 0 Å². The van der Waals surface area contributed by atoms with Crippen LogP contribution in [0.3, 0.4) is 0 Å². The van der Waals surface area contributed by atoms with Crippen LogP contribution in [-0.2, 0) is 14.9 Å². The molecular weight excluding hydrogens is 380 g/mol. The van der Waals surface area contributed by atoms with Crippen molar-refractivity contribution < 1.29 is 26.7 Å². The van der Waals surface area contributed by atoms with E-state index in [0.29, 0.717) is 5.69 Å². The van der Waals surface area contributed by atoms with Crippen LogP contribution in [-0.4, -0.2) is 50.1 Å². The van der Waals surface area contributed by atoms with Crippen molar-refractivity contribution in [2.75, 3.05) is 31.0 Å². The highest BCUT2D eigenvalue weighted by molar-refractivity contribution is 7.90. The highest BCUT2D eigenvalue weighted by atomic mass is 32.2. The fraction of sp³-hybridized carbons (Fsp3) is 0.353. The summed E-state index contributed by atoms with van der Waals surface area (Å²) in [4.78, 5) is 4.12. The minimum absolute atomic E-state index is 0.0122. The largest absolute Gasteiger partial charge is 0.491 e. The lowest BCUT2D eigenvalue weighted by Crippen LogP contribution is -2.49. The van der Waals surface area contributed by atoms with Crippen molar-refractivity contribution in [3.05, 3.63) is 53.7 Å². The zero-order valence-corrected chi connectivity index (χ0v) is 15.4. The molecule has 7 nitrogen and oxygen atoms in total. The third-order valence-electron chi connectivity index (χ3n) is 3.84. The van der Waals surface area contributed by atoms with Crippen molar-refractivity contribution in [1.29, 1.82) is 0 Å². The Kier molecular flexibility index (Phi) is 5.88. The molecule has 27 heavy (non-hydrogen) atoms. The van der Waals surface area contributed by atoms with Gasteiger partial charge in [-0.3, -0.25) is 4.72 Å². The summed E-state index contributed by atoms with van der Waals surface area (Å²) in [6, 6.07) is 7.85. The van der Waals surface area contributed by atoms with Gasteiger partial charge >= 0.3 is 10.2 Å². The summed E-state index contributed by atoms with van der Waals surface area (Å²) in [6.07, 6.45) is -0.577. The third-order valence-corrected chi connectivity index (χ3v) is 5.31. The number of pyridine rings is 1. The van der Waals surface area contributed by atoms with E-state index in [1.54, 1.807) is 25.1 Å². The zero-order chi connectivity index (χ0) is 19.4. The average Bonchev–Trinajstić information content (AvgIpc) is 2.59. The molecule has 1 aromatic carbocycles. The Balaban J connectivity index is 1.61. The molecule has 1 aromatic heterocycles. The molecule has 3 rings (SSSR count). The smallest absolute Gasteiger partial charge is 0.302 e. The van der Waals surface area contributed by atoms with Crippen LogP contribution in [0.1, 0.15) is 5.69 Å². The molecule has 0 amide bonds. The SMILES string of the molecule is Cc1cccc(NS(=O)(=O)N2CCOC(COc3cc(F)cc(F)c3)C2)n1. The highest BCUT2D eigenvalue weighted by Gasteiger charge is 2.30. The maximum Gasteiger partial charge on any atom is 0.302 e. The Morgan fingerprint density at radius 1 is 1.30 bits per heavy atom. The third kappa shape index (κ3) is 5.34. The van der Waals surface area contributed by atoms with Crippen LogP contribution in [0, 0.1) is 18.6 Å². The Morgan fingerprint density at radius 2 is 2.04 bits per heavy atom. The summed E-state index contributed by atoms with van der Waals surface area (Å²) in [5, 5.41) is 0. The number of anilines is 1. The molecule has 1 atom stereocenters. The molecule has 0 bridgehead atoms. The van der Waals surface area contributed by atoms with E-state index in [2.05, 4.69) is 9.71 Å². The Hall–Kier alpha value is -2.30. The molecular formula is C17H19F2N3O4S. The van der Waals surface area contributed by atoms with Crippen molar-refractivity contribution in [3.63, 3.8) is 0 Å². The summed E-state index contributed by atoms with van der Waals surface area (Å²) >= 11 is 0. The number of nitrogens with zero attached hydrogens (tertiary/aromatic N) is 2. The fourth-order valence-corrected chi connectivity index (χ4v) is 3.79. The van der Waals surface area contributed by atoms with Crippen LogP contribution in [0.4, 0.5) is 14.6 Å². The zero-order valence-electron chi connectivity index (χ0n) is 14.6. The second kappa shape index (κ2) is 8.15. The topological polar surface area (TPSA) is 80.8 Å². The van der Waals surface area contributed by atoms with Crippen molar-refractivity contribution >= 4 is 16.0 Å². The normalized spacial score (nSPS) is 18.3. The lowest BCUT2D eigenvalue weighted by Gasteiger charge is -2.32. The van der Waals surface area contributed by atoms with E-state index < -0.39 is 27.9 Å². The maximum absolute atomic E-state index is 13.2. The molecule has 1 fully saturated rings. The van der Waals surface area contributed by atoms with Gasteiger partial charge in [-0.15, -0.1) is 0 Å². The van der Waals surface area contributed by atoms with Crippen LogP contribution in [0.2, 0.25) is 0 Å². The molecule has 0 aliphatic carbocycles. The maximum atomic E-state index is 13.2. The first-order valence-electron chi connectivity index (χ1n) is 8.24. The predicted molar refractivity (Wildman–Crippen MR) is 94.7 cm³/mol. The molecule has 0 saturated carbocycles. The fourth-order valence-electron chi connectivity index (χ4n) is 2.61. The van der Waals surface area contributed by atoms with E-state index in [0.717, 1.165) is 18.2 Å². The van der Waals surface area contributed by atoms with Gasteiger partial charge in [0.1, 0.15) is 35.9 Å². The number of nitrogens with one attached hydrogen (secondary N) is 1. The lowest BCUT2D eigenvalue weighted by atomic mass is 10.3. The lowest BCUT2D eigenvalue weighted by molar-refractivity contribution is -0.0248. The van der Waals surface area contributed by atoms with Crippen molar-refractivity contribution in [2.45, 2.75) is 13.0 Å². The highest BCUT2D eigenvalue weighted by Crippen LogP contribution is 2.18. The number of ether oxygens (including phenoxy) is 2. The second-order valence-electron chi connectivity index (χ2n) is 6.04. The van der Waals surface area contributed by atoms with E-state index in [9.17, 15) is 17.2 Å². The summed E-state index contributed by atoms with van der Waals surface area (Å²) in [7, 11) is -3.82. The van der Waals surface area contributed by atoms with Crippen molar-refractivity contribution in [1.82, 2.24) is 9.29 Å². The Bertz CT molecular complexity index is 891. The summed E-state index contributed by atoms with van der Waals surface area (Å²) in [5.41, 5.74) is 0.686. The van der Waals surface area contributed by atoms with Gasteiger partial charge in [0.05, 0.1) is 6.61 Å². The molecule has 10 heteroatoms. The van der Waals surface area contributed by atoms with Crippen LogP contribution >= 0.6 is 0 Å². The number of hydrogen-bond acceptors (Lipinski definition) is 5. The van der Waals surface area contributed by atoms with Gasteiger partial charge in [0.2, 0.25) is 0 Å². The van der Waals surface area contributed by atoms with Crippen LogP contribution in [0.25, 0.3) is 0 Å². The van der Waals surface area contributed by atoms with E-state index in [1.165, 1.54) is 4.31 Å². The number of halogens is 2. The number of benzene rings is 1. The molecule has 1 N–H and O–H groups in total. The van der Waals surface area contributed by atoms with Gasteiger partial charge in [0, 0.05) is 37.0 Å². The number of morpholine rings is 1. The quantitative estimate of drug-likeness (QED) is 0.805. The minimum Gasteiger partial charge on any atom is -0.491 e. The molecule has 1 saturated heterocycles. The number of rotatable bonds is 6. The molecule has 0 radical (unpaired) electrons. The van der Waals surface area contributed by atoms with E-state index in [1.807, 2.05) is 0 Å². The van der Waals surface area contributed by atoms with E-state index in [-0.39, 0.29) is 37.9 Å². The standard InChI is InChI=1S/C17H19F2N3O4S/c1-12-3-2-4-17(20-12)21-27(23,24)22-5-6-25-16(10-22)11-26-15-8-13(18)7-14(19)9-15/h2-4,7-9,16H,5-6,10-11H2,1H3,(H,20,21). The van der Waals surface area contributed by atoms with E-state index in [4.69, 9.17) is 9.47 Å². The summed E-state index contributed by atoms with van der Waals surface area (Å²) in [6.45, 7) is 2.10. The first kappa shape index (κ1) is 19.5. The summed E-state index contributed by atoms with van der Waals surface area (Å²) < 4.78 is 66.0. The predicted octanol–water partition coefficient (Wildman–Crippen LogP) is 2.10.